The summed E-state index contributed by atoms with van der Waals surface area (Å²) < 4.78 is 16.6. The molecule has 0 spiro atoms. The van der Waals surface area contributed by atoms with Crippen LogP contribution in [0.1, 0.15) is 51.3 Å². The summed E-state index contributed by atoms with van der Waals surface area (Å²) in [4.78, 5) is 30.4. The van der Waals surface area contributed by atoms with Gasteiger partial charge in [-0.1, -0.05) is 32.3 Å². The van der Waals surface area contributed by atoms with Crippen LogP contribution in [0.15, 0.2) is 41.5 Å². The fourth-order valence-electron chi connectivity index (χ4n) is 5.50. The molecule has 1 aliphatic heterocycles. The first-order valence-corrected chi connectivity index (χ1v) is 12.7. The molecule has 5 rings (SSSR count). The number of carbonyl (C=O) groups excluding carboxylic acids is 1. The number of rotatable bonds is 6. The third-order valence-electron chi connectivity index (χ3n) is 7.44. The molecule has 2 aliphatic rings. The summed E-state index contributed by atoms with van der Waals surface area (Å²) in [5.74, 6) is 0.483. The van der Waals surface area contributed by atoms with Crippen LogP contribution in [-0.4, -0.2) is 67.1 Å². The molecule has 8 nitrogen and oxygen atoms in total. The van der Waals surface area contributed by atoms with E-state index in [-0.39, 0.29) is 23.0 Å². The minimum atomic E-state index is -0.412. The van der Waals surface area contributed by atoms with Crippen molar-refractivity contribution >= 4 is 11.6 Å². The fourth-order valence-corrected chi connectivity index (χ4v) is 5.50. The maximum atomic E-state index is 13.6. The van der Waals surface area contributed by atoms with E-state index in [1.807, 2.05) is 11.8 Å². The Balaban J connectivity index is 1.20. The van der Waals surface area contributed by atoms with Gasteiger partial charge in [-0.3, -0.25) is 23.5 Å². The van der Waals surface area contributed by atoms with E-state index in [0.29, 0.717) is 30.4 Å². The molecule has 0 N–H and O–H groups in total. The zero-order valence-corrected chi connectivity index (χ0v) is 20.3. The predicted molar refractivity (Wildman–Crippen MR) is 131 cm³/mol. The standard InChI is InChI=1S/C26H33FN6O2/c1-19(17-24(34)31-12-10-30(11-13-31)21-7-3-2-4-8-21)16-23-28-29-25-26(35)32(14-15-33(23)25)22-9-5-6-20(27)18-22/h5-6,9,14-15,18-19,21H,2-4,7-8,10-13,16-17H2,1H3/t19-/m1/s1. The molecule has 0 radical (unpaired) electrons. The van der Waals surface area contributed by atoms with Crippen molar-refractivity contribution in [1.82, 2.24) is 29.0 Å². The third kappa shape index (κ3) is 5.15. The molecule has 1 saturated heterocycles. The highest BCUT2D eigenvalue weighted by atomic mass is 19.1. The molecule has 0 unspecified atom stereocenters. The van der Waals surface area contributed by atoms with Crippen LogP contribution in [0.5, 0.6) is 0 Å². The van der Waals surface area contributed by atoms with Gasteiger partial charge in [0.1, 0.15) is 11.6 Å². The van der Waals surface area contributed by atoms with E-state index in [1.165, 1.54) is 48.8 Å². The molecule has 186 valence electrons. The van der Waals surface area contributed by atoms with E-state index in [4.69, 9.17) is 0 Å². The van der Waals surface area contributed by atoms with Gasteiger partial charge in [0.25, 0.3) is 0 Å². The number of piperazine rings is 1. The van der Waals surface area contributed by atoms with Gasteiger partial charge in [0.05, 0.1) is 5.69 Å². The zero-order valence-electron chi connectivity index (χ0n) is 20.3. The molecule has 1 aliphatic carbocycles. The first kappa shape index (κ1) is 23.7. The van der Waals surface area contributed by atoms with E-state index in [2.05, 4.69) is 15.1 Å². The van der Waals surface area contributed by atoms with Crippen molar-refractivity contribution in [2.24, 2.45) is 5.92 Å². The highest BCUT2D eigenvalue weighted by Gasteiger charge is 2.27. The molecule has 2 aromatic heterocycles. The van der Waals surface area contributed by atoms with Crippen molar-refractivity contribution in [1.29, 1.82) is 0 Å². The van der Waals surface area contributed by atoms with Crippen molar-refractivity contribution in [2.45, 2.75) is 57.9 Å². The normalized spacial score (nSPS) is 18.7. The summed E-state index contributed by atoms with van der Waals surface area (Å²) in [6.07, 6.45) is 10.9. The Morgan fingerprint density at radius 3 is 2.60 bits per heavy atom. The molecular weight excluding hydrogens is 447 g/mol. The number of halogens is 1. The Labute approximate surface area is 204 Å². The monoisotopic (exact) mass is 480 g/mol. The highest BCUT2D eigenvalue weighted by molar-refractivity contribution is 5.76. The summed E-state index contributed by atoms with van der Waals surface area (Å²) in [6.45, 7) is 5.57. The molecule has 1 atom stereocenters. The largest absolute Gasteiger partial charge is 0.340 e. The van der Waals surface area contributed by atoms with Gasteiger partial charge < -0.3 is 4.90 Å². The smallest absolute Gasteiger partial charge is 0.300 e. The van der Waals surface area contributed by atoms with Gasteiger partial charge in [-0.25, -0.2) is 4.39 Å². The highest BCUT2D eigenvalue weighted by Crippen LogP contribution is 2.24. The molecule has 1 saturated carbocycles. The minimum Gasteiger partial charge on any atom is -0.340 e. The predicted octanol–water partition coefficient (Wildman–Crippen LogP) is 3.06. The lowest BCUT2D eigenvalue weighted by atomic mass is 9.93. The Hall–Kier alpha value is -3.07. The molecule has 9 heteroatoms. The van der Waals surface area contributed by atoms with Crippen LogP contribution in [0.2, 0.25) is 0 Å². The summed E-state index contributed by atoms with van der Waals surface area (Å²) in [5, 5.41) is 8.31. The van der Waals surface area contributed by atoms with E-state index >= 15 is 0 Å². The molecule has 1 amide bonds. The average molecular weight is 481 g/mol. The summed E-state index contributed by atoms with van der Waals surface area (Å²) >= 11 is 0. The Kier molecular flexibility index (Phi) is 6.95. The van der Waals surface area contributed by atoms with E-state index in [1.54, 1.807) is 28.9 Å². The number of benzene rings is 1. The molecule has 0 bridgehead atoms. The van der Waals surface area contributed by atoms with Crippen LogP contribution in [0.4, 0.5) is 4.39 Å². The Morgan fingerprint density at radius 2 is 1.86 bits per heavy atom. The lowest BCUT2D eigenvalue weighted by molar-refractivity contribution is -0.134. The van der Waals surface area contributed by atoms with Crippen LogP contribution in [0, 0.1) is 11.7 Å². The van der Waals surface area contributed by atoms with Gasteiger partial charge in [-0.15, -0.1) is 10.2 Å². The van der Waals surface area contributed by atoms with Crippen LogP contribution in [-0.2, 0) is 11.2 Å². The van der Waals surface area contributed by atoms with Gasteiger partial charge in [0.15, 0.2) is 0 Å². The molecule has 35 heavy (non-hydrogen) atoms. The van der Waals surface area contributed by atoms with Gasteiger partial charge in [0, 0.05) is 57.5 Å². The van der Waals surface area contributed by atoms with Gasteiger partial charge >= 0.3 is 5.56 Å². The van der Waals surface area contributed by atoms with E-state index < -0.39 is 5.82 Å². The lowest BCUT2D eigenvalue weighted by Gasteiger charge is -2.41. The SMILES string of the molecule is C[C@@H](CC(=O)N1CCN(C2CCCCC2)CC1)Cc1nnc2c(=O)n(-c3cccc(F)c3)ccn12. The molecule has 1 aromatic carbocycles. The van der Waals surface area contributed by atoms with Gasteiger partial charge in [-0.2, -0.15) is 0 Å². The molecular formula is C26H33FN6O2. The number of amides is 1. The second-order valence-electron chi connectivity index (χ2n) is 9.99. The molecule has 2 fully saturated rings. The summed E-state index contributed by atoms with van der Waals surface area (Å²) in [7, 11) is 0. The Morgan fingerprint density at radius 1 is 1.09 bits per heavy atom. The van der Waals surface area contributed by atoms with Crippen LogP contribution < -0.4 is 5.56 Å². The second-order valence-corrected chi connectivity index (χ2v) is 9.99. The van der Waals surface area contributed by atoms with Crippen molar-refractivity contribution in [3.63, 3.8) is 0 Å². The first-order valence-electron chi connectivity index (χ1n) is 12.7. The molecule has 3 heterocycles. The van der Waals surface area contributed by atoms with Crippen molar-refractivity contribution in [3.8, 4) is 5.69 Å². The lowest BCUT2D eigenvalue weighted by Crippen LogP contribution is -2.52. The number of fused-ring (bicyclic) bond motifs is 1. The topological polar surface area (TPSA) is 75.7 Å². The number of aromatic nitrogens is 4. The van der Waals surface area contributed by atoms with Gasteiger partial charge in [0.2, 0.25) is 11.6 Å². The average Bonchev–Trinajstić information content (AvgIpc) is 3.28. The maximum absolute atomic E-state index is 13.6. The van der Waals surface area contributed by atoms with Gasteiger partial charge in [-0.05, 0) is 37.0 Å². The van der Waals surface area contributed by atoms with Crippen molar-refractivity contribution < 1.29 is 9.18 Å². The maximum Gasteiger partial charge on any atom is 0.300 e. The van der Waals surface area contributed by atoms with Crippen molar-refractivity contribution in [2.75, 3.05) is 26.2 Å². The second kappa shape index (κ2) is 10.3. The van der Waals surface area contributed by atoms with Crippen LogP contribution in [0.3, 0.4) is 0 Å². The molecule has 3 aromatic rings. The number of carbonyl (C=O) groups is 1. The quantitative estimate of drug-likeness (QED) is 0.542. The number of hydrogen-bond acceptors (Lipinski definition) is 5. The van der Waals surface area contributed by atoms with E-state index in [9.17, 15) is 14.0 Å². The van der Waals surface area contributed by atoms with Crippen LogP contribution >= 0.6 is 0 Å². The summed E-state index contributed by atoms with van der Waals surface area (Å²) in [5.41, 5.74) is 0.255. The van der Waals surface area contributed by atoms with Crippen molar-refractivity contribution in [3.05, 3.63) is 58.7 Å². The number of nitrogens with zero attached hydrogens (tertiary/aromatic N) is 6. The first-order chi connectivity index (χ1) is 17.0. The fraction of sp³-hybridized carbons (Fsp3) is 0.538. The summed E-state index contributed by atoms with van der Waals surface area (Å²) in [6, 6.07) is 6.57. The Bertz CT molecular complexity index is 1240. The number of hydrogen-bond donors (Lipinski definition) is 0. The van der Waals surface area contributed by atoms with Crippen LogP contribution in [0.25, 0.3) is 11.3 Å². The zero-order chi connectivity index (χ0) is 24.4. The van der Waals surface area contributed by atoms with E-state index in [0.717, 1.165) is 26.2 Å². The third-order valence-corrected chi connectivity index (χ3v) is 7.44. The minimum absolute atomic E-state index is 0.0666.